The molecule has 3 heterocycles. The zero-order valence-electron chi connectivity index (χ0n) is 16.4. The van der Waals surface area contributed by atoms with Crippen molar-refractivity contribution in [2.75, 3.05) is 18.4 Å². The molecule has 0 atom stereocenters. The topological polar surface area (TPSA) is 88.6 Å². The molecule has 0 aliphatic carbocycles. The lowest BCUT2D eigenvalue weighted by Crippen LogP contribution is -2.22. The Hall–Kier alpha value is -3.52. The number of oxazole rings is 1. The van der Waals surface area contributed by atoms with E-state index in [1.54, 1.807) is 23.1 Å². The molecule has 1 N–H and O–H groups in total. The van der Waals surface area contributed by atoms with Gasteiger partial charge in [0.25, 0.3) is 5.91 Å². The van der Waals surface area contributed by atoms with Crippen LogP contribution in [0.5, 0.6) is 0 Å². The number of benzene rings is 1. The van der Waals surface area contributed by atoms with Gasteiger partial charge in [0.15, 0.2) is 17.8 Å². The summed E-state index contributed by atoms with van der Waals surface area (Å²) in [6, 6.07) is 7.39. The van der Waals surface area contributed by atoms with Gasteiger partial charge in [-0.05, 0) is 25.2 Å². The van der Waals surface area contributed by atoms with Gasteiger partial charge in [0.1, 0.15) is 5.56 Å². The molecule has 29 heavy (non-hydrogen) atoms. The molecule has 1 amide bonds. The SMILES string of the molecule is CCN(CC)Cc1cnc2c(C(=O)Nc3cccc(-c4cnco4)c3)cnn2c1. The van der Waals surface area contributed by atoms with E-state index in [2.05, 4.69) is 39.1 Å². The van der Waals surface area contributed by atoms with Gasteiger partial charge in [-0.3, -0.25) is 9.69 Å². The summed E-state index contributed by atoms with van der Waals surface area (Å²) >= 11 is 0. The van der Waals surface area contributed by atoms with Crippen LogP contribution in [0, 0.1) is 0 Å². The molecule has 0 fully saturated rings. The van der Waals surface area contributed by atoms with Crippen LogP contribution in [-0.4, -0.2) is 43.5 Å². The number of carbonyl (C=O) groups is 1. The van der Waals surface area contributed by atoms with Crippen LogP contribution in [-0.2, 0) is 6.54 Å². The van der Waals surface area contributed by atoms with Gasteiger partial charge in [-0.15, -0.1) is 0 Å². The number of anilines is 1. The van der Waals surface area contributed by atoms with E-state index < -0.39 is 0 Å². The van der Waals surface area contributed by atoms with Crippen molar-refractivity contribution in [2.45, 2.75) is 20.4 Å². The third-order valence-electron chi connectivity index (χ3n) is 4.79. The van der Waals surface area contributed by atoms with Gasteiger partial charge in [0.2, 0.25) is 0 Å². The van der Waals surface area contributed by atoms with Crippen LogP contribution in [0.25, 0.3) is 17.0 Å². The molecule has 0 spiro atoms. The smallest absolute Gasteiger partial charge is 0.261 e. The second kappa shape index (κ2) is 8.24. The molecule has 8 heteroatoms. The zero-order chi connectivity index (χ0) is 20.2. The molecule has 148 valence electrons. The molecule has 4 rings (SSSR count). The van der Waals surface area contributed by atoms with E-state index in [-0.39, 0.29) is 5.91 Å². The average Bonchev–Trinajstić information content (AvgIpc) is 3.42. The second-order valence-corrected chi connectivity index (χ2v) is 6.65. The van der Waals surface area contributed by atoms with Crippen LogP contribution in [0.2, 0.25) is 0 Å². The van der Waals surface area contributed by atoms with Crippen molar-refractivity contribution in [2.24, 2.45) is 0 Å². The van der Waals surface area contributed by atoms with Gasteiger partial charge in [0, 0.05) is 35.8 Å². The number of amides is 1. The van der Waals surface area contributed by atoms with E-state index >= 15 is 0 Å². The fraction of sp³-hybridized carbons (Fsp3) is 0.238. The Bertz CT molecular complexity index is 1120. The molecule has 0 bridgehead atoms. The number of hydrogen-bond donors (Lipinski definition) is 1. The number of fused-ring (bicyclic) bond motifs is 1. The molecular formula is C21H22N6O2. The summed E-state index contributed by atoms with van der Waals surface area (Å²) in [6.45, 7) is 6.99. The number of nitrogens with zero attached hydrogens (tertiary/aromatic N) is 5. The maximum absolute atomic E-state index is 12.8. The Morgan fingerprint density at radius 3 is 2.83 bits per heavy atom. The van der Waals surface area contributed by atoms with E-state index in [1.165, 1.54) is 6.39 Å². The normalized spacial score (nSPS) is 11.3. The Kier molecular flexibility index (Phi) is 5.35. The minimum atomic E-state index is -0.265. The molecule has 4 aromatic rings. The largest absolute Gasteiger partial charge is 0.444 e. The number of aromatic nitrogens is 4. The summed E-state index contributed by atoms with van der Waals surface area (Å²) in [5, 5.41) is 7.21. The van der Waals surface area contributed by atoms with Gasteiger partial charge in [-0.1, -0.05) is 26.0 Å². The first-order valence-electron chi connectivity index (χ1n) is 9.52. The molecule has 8 nitrogen and oxygen atoms in total. The standard InChI is InChI=1S/C21H22N6O2/c1-3-26(4-2)12-15-9-23-20-18(10-24-27(20)13-15)21(28)25-17-7-5-6-16(8-17)19-11-22-14-29-19/h5-11,13-14H,3-4,12H2,1-2H3,(H,25,28). The van der Waals surface area contributed by atoms with Gasteiger partial charge in [0.05, 0.1) is 12.4 Å². The lowest BCUT2D eigenvalue weighted by atomic mass is 10.1. The predicted molar refractivity (Wildman–Crippen MR) is 110 cm³/mol. The summed E-state index contributed by atoms with van der Waals surface area (Å²) in [5.41, 5.74) is 3.48. The molecule has 0 radical (unpaired) electrons. The Balaban J connectivity index is 1.54. The summed E-state index contributed by atoms with van der Waals surface area (Å²) in [7, 11) is 0. The first-order chi connectivity index (χ1) is 14.2. The molecule has 0 saturated heterocycles. The van der Waals surface area contributed by atoms with E-state index in [9.17, 15) is 4.79 Å². The van der Waals surface area contributed by atoms with E-state index in [4.69, 9.17) is 4.42 Å². The number of rotatable bonds is 7. The van der Waals surface area contributed by atoms with Crippen molar-refractivity contribution in [3.8, 4) is 11.3 Å². The zero-order valence-corrected chi connectivity index (χ0v) is 16.4. The Morgan fingerprint density at radius 2 is 2.07 bits per heavy atom. The highest BCUT2D eigenvalue weighted by Crippen LogP contribution is 2.22. The Labute approximate surface area is 168 Å². The second-order valence-electron chi connectivity index (χ2n) is 6.65. The van der Waals surface area contributed by atoms with E-state index in [0.717, 1.165) is 30.8 Å². The van der Waals surface area contributed by atoms with E-state index in [0.29, 0.717) is 22.7 Å². The van der Waals surface area contributed by atoms with Gasteiger partial charge in [-0.2, -0.15) is 5.10 Å². The van der Waals surface area contributed by atoms with Crippen LogP contribution in [0.15, 0.2) is 59.9 Å². The third-order valence-corrected chi connectivity index (χ3v) is 4.79. The van der Waals surface area contributed by atoms with Crippen molar-refractivity contribution in [3.63, 3.8) is 0 Å². The highest BCUT2D eigenvalue weighted by molar-refractivity contribution is 6.08. The first-order valence-corrected chi connectivity index (χ1v) is 9.52. The number of nitrogens with one attached hydrogen (secondary N) is 1. The monoisotopic (exact) mass is 390 g/mol. The fourth-order valence-corrected chi connectivity index (χ4v) is 3.17. The lowest BCUT2D eigenvalue weighted by Gasteiger charge is -2.17. The van der Waals surface area contributed by atoms with Crippen molar-refractivity contribution in [1.82, 2.24) is 24.5 Å². The van der Waals surface area contributed by atoms with Crippen molar-refractivity contribution in [1.29, 1.82) is 0 Å². The molecule has 0 saturated carbocycles. The van der Waals surface area contributed by atoms with Crippen LogP contribution >= 0.6 is 0 Å². The van der Waals surface area contributed by atoms with E-state index in [1.807, 2.05) is 30.5 Å². The van der Waals surface area contributed by atoms with Gasteiger partial charge >= 0.3 is 0 Å². The minimum Gasteiger partial charge on any atom is -0.444 e. The molecule has 0 unspecified atom stereocenters. The van der Waals surface area contributed by atoms with Crippen LogP contribution < -0.4 is 5.32 Å². The number of carbonyl (C=O) groups excluding carboxylic acids is 1. The van der Waals surface area contributed by atoms with Gasteiger partial charge in [-0.25, -0.2) is 14.5 Å². The van der Waals surface area contributed by atoms with Crippen molar-refractivity contribution >= 4 is 17.2 Å². The summed E-state index contributed by atoms with van der Waals surface area (Å²) in [6.07, 6.45) is 8.27. The van der Waals surface area contributed by atoms with Crippen LogP contribution in [0.1, 0.15) is 29.8 Å². The molecule has 0 aliphatic rings. The third kappa shape index (κ3) is 4.02. The lowest BCUT2D eigenvalue weighted by molar-refractivity contribution is 0.102. The Morgan fingerprint density at radius 1 is 1.21 bits per heavy atom. The summed E-state index contributed by atoms with van der Waals surface area (Å²) in [5.74, 6) is 0.373. The highest BCUT2D eigenvalue weighted by Gasteiger charge is 2.15. The maximum atomic E-state index is 12.8. The average molecular weight is 390 g/mol. The quantitative estimate of drug-likeness (QED) is 0.520. The minimum absolute atomic E-state index is 0.265. The maximum Gasteiger partial charge on any atom is 0.261 e. The summed E-state index contributed by atoms with van der Waals surface area (Å²) in [4.78, 5) is 23.5. The van der Waals surface area contributed by atoms with Crippen LogP contribution in [0.3, 0.4) is 0 Å². The van der Waals surface area contributed by atoms with Crippen molar-refractivity contribution in [3.05, 3.63) is 66.6 Å². The molecule has 3 aromatic heterocycles. The molecule has 0 aliphatic heterocycles. The summed E-state index contributed by atoms with van der Waals surface area (Å²) < 4.78 is 6.97. The highest BCUT2D eigenvalue weighted by atomic mass is 16.3. The number of hydrogen-bond acceptors (Lipinski definition) is 6. The molecular weight excluding hydrogens is 368 g/mol. The van der Waals surface area contributed by atoms with Crippen molar-refractivity contribution < 1.29 is 9.21 Å². The fourth-order valence-electron chi connectivity index (χ4n) is 3.17. The molecule has 1 aromatic carbocycles. The first kappa shape index (κ1) is 18.8. The predicted octanol–water partition coefficient (Wildman–Crippen LogP) is 3.48. The van der Waals surface area contributed by atoms with Crippen LogP contribution in [0.4, 0.5) is 5.69 Å². The van der Waals surface area contributed by atoms with Gasteiger partial charge < -0.3 is 9.73 Å².